The van der Waals surface area contributed by atoms with Crippen LogP contribution in [-0.2, 0) is 9.53 Å². The number of halogens is 1. The zero-order valence-corrected chi connectivity index (χ0v) is 12.1. The number of anilines is 1. The Labute approximate surface area is 125 Å². The average molecular weight is 316 g/mol. The first kappa shape index (κ1) is 15.0. The molecule has 0 unspecified atom stereocenters. The van der Waals surface area contributed by atoms with Crippen molar-refractivity contribution >= 4 is 34.8 Å². The topological polar surface area (TPSA) is 76.4 Å². The number of carbonyl (C=O) groups excluding carboxylic acids is 1. The Balaban J connectivity index is 0.00000147. The molecule has 3 heterocycles. The number of morpholine rings is 1. The zero-order chi connectivity index (χ0) is 13.1. The molecule has 0 aliphatic carbocycles. The molecule has 0 bridgehead atoms. The average Bonchev–Trinajstić information content (AvgIpc) is 3.10. The predicted molar refractivity (Wildman–Crippen MR) is 78.3 cm³/mol. The smallest absolute Gasteiger partial charge is 0.256 e. The molecule has 20 heavy (non-hydrogen) atoms. The number of ether oxygens (including phenoxy) is 1. The molecule has 0 spiro atoms. The van der Waals surface area contributed by atoms with Crippen LogP contribution in [0.3, 0.4) is 0 Å². The Bertz CT molecular complexity index is 552. The monoisotopic (exact) mass is 315 g/mol. The van der Waals surface area contributed by atoms with Crippen molar-refractivity contribution in [1.29, 1.82) is 0 Å². The molecule has 0 radical (unpaired) electrons. The lowest BCUT2D eigenvalue weighted by Crippen LogP contribution is -2.45. The second kappa shape index (κ2) is 6.85. The van der Waals surface area contributed by atoms with Crippen LogP contribution in [0.25, 0.3) is 11.5 Å². The minimum Gasteiger partial charge on any atom is -0.463 e. The quantitative estimate of drug-likeness (QED) is 0.902. The summed E-state index contributed by atoms with van der Waals surface area (Å²) in [7, 11) is 0. The molecule has 1 aliphatic rings. The van der Waals surface area contributed by atoms with Crippen molar-refractivity contribution in [3.8, 4) is 11.5 Å². The normalized spacial score (nSPS) is 18.3. The Morgan fingerprint density at radius 3 is 3.15 bits per heavy atom. The van der Waals surface area contributed by atoms with Crippen molar-refractivity contribution in [3.05, 3.63) is 23.8 Å². The van der Waals surface area contributed by atoms with Gasteiger partial charge in [-0.1, -0.05) is 0 Å². The molecular formula is C12H14ClN3O3S. The molecule has 1 aliphatic heterocycles. The third-order valence-electron chi connectivity index (χ3n) is 2.73. The third kappa shape index (κ3) is 3.37. The summed E-state index contributed by atoms with van der Waals surface area (Å²) in [6.45, 7) is 1.86. The van der Waals surface area contributed by atoms with E-state index in [0.29, 0.717) is 29.7 Å². The molecule has 2 aromatic rings. The number of amides is 1. The lowest BCUT2D eigenvalue weighted by atomic mass is 10.3. The largest absolute Gasteiger partial charge is 0.463 e. The third-order valence-corrected chi connectivity index (χ3v) is 3.49. The van der Waals surface area contributed by atoms with E-state index in [9.17, 15) is 4.79 Å². The van der Waals surface area contributed by atoms with E-state index >= 15 is 0 Å². The molecule has 1 fully saturated rings. The highest BCUT2D eigenvalue weighted by Crippen LogP contribution is 2.25. The van der Waals surface area contributed by atoms with Crippen LogP contribution in [0.2, 0.25) is 0 Å². The van der Waals surface area contributed by atoms with E-state index in [-0.39, 0.29) is 18.3 Å². The molecule has 0 saturated carbocycles. The molecular weight excluding hydrogens is 302 g/mol. The van der Waals surface area contributed by atoms with E-state index in [0.717, 1.165) is 6.54 Å². The van der Waals surface area contributed by atoms with Gasteiger partial charge in [0.05, 0.1) is 12.9 Å². The van der Waals surface area contributed by atoms with Gasteiger partial charge in [0.2, 0.25) is 0 Å². The van der Waals surface area contributed by atoms with E-state index in [2.05, 4.69) is 15.6 Å². The first-order chi connectivity index (χ1) is 9.33. The van der Waals surface area contributed by atoms with Gasteiger partial charge in [0, 0.05) is 18.5 Å². The number of hydrogen-bond acceptors (Lipinski definition) is 6. The Kier molecular flexibility index (Phi) is 5.13. The minimum absolute atomic E-state index is 0. The molecule has 1 saturated heterocycles. The van der Waals surface area contributed by atoms with Crippen molar-refractivity contribution < 1.29 is 13.9 Å². The molecule has 8 heteroatoms. The number of hydrogen-bond donors (Lipinski definition) is 2. The number of nitrogens with one attached hydrogen (secondary N) is 2. The van der Waals surface area contributed by atoms with Crippen LogP contribution in [0.15, 0.2) is 28.2 Å². The van der Waals surface area contributed by atoms with E-state index in [1.54, 1.807) is 12.3 Å². The maximum absolute atomic E-state index is 11.9. The van der Waals surface area contributed by atoms with Crippen LogP contribution in [-0.4, -0.2) is 36.7 Å². The van der Waals surface area contributed by atoms with Crippen LogP contribution in [0.1, 0.15) is 0 Å². The Morgan fingerprint density at radius 1 is 1.55 bits per heavy atom. The fraction of sp³-hybridized carbons (Fsp3) is 0.333. The molecule has 6 nitrogen and oxygen atoms in total. The first-order valence-electron chi connectivity index (χ1n) is 5.95. The molecule has 2 N–H and O–H groups in total. The summed E-state index contributed by atoms with van der Waals surface area (Å²) in [5, 5.41) is 8.26. The van der Waals surface area contributed by atoms with Gasteiger partial charge in [-0.2, -0.15) is 0 Å². The highest BCUT2D eigenvalue weighted by Gasteiger charge is 2.22. The SMILES string of the molecule is Cl.O=C(Nc1nc(-c2ccco2)cs1)[C@H]1CNCCO1. The lowest BCUT2D eigenvalue weighted by molar-refractivity contribution is -0.128. The minimum atomic E-state index is -0.454. The summed E-state index contributed by atoms with van der Waals surface area (Å²) in [5.74, 6) is 0.514. The fourth-order valence-electron chi connectivity index (χ4n) is 1.79. The molecule has 0 aromatic carbocycles. The number of furan rings is 1. The summed E-state index contributed by atoms with van der Waals surface area (Å²) in [4.78, 5) is 16.2. The maximum atomic E-state index is 11.9. The van der Waals surface area contributed by atoms with Crippen LogP contribution < -0.4 is 10.6 Å². The summed E-state index contributed by atoms with van der Waals surface area (Å²) < 4.78 is 10.6. The number of thiazole rings is 1. The van der Waals surface area contributed by atoms with Crippen molar-refractivity contribution in [2.75, 3.05) is 25.0 Å². The summed E-state index contributed by atoms with van der Waals surface area (Å²) >= 11 is 1.36. The Morgan fingerprint density at radius 2 is 2.45 bits per heavy atom. The second-order valence-corrected chi connectivity index (χ2v) is 4.93. The van der Waals surface area contributed by atoms with Crippen LogP contribution in [0, 0.1) is 0 Å². The Hall–Kier alpha value is -1.41. The molecule has 108 valence electrons. The van der Waals surface area contributed by atoms with Crippen molar-refractivity contribution in [2.24, 2.45) is 0 Å². The van der Waals surface area contributed by atoms with Crippen molar-refractivity contribution in [1.82, 2.24) is 10.3 Å². The van der Waals surface area contributed by atoms with E-state index in [1.165, 1.54) is 11.3 Å². The van der Waals surface area contributed by atoms with Gasteiger partial charge < -0.3 is 14.5 Å². The highest BCUT2D eigenvalue weighted by atomic mass is 35.5. The zero-order valence-electron chi connectivity index (χ0n) is 10.5. The molecule has 1 amide bonds. The molecule has 2 aromatic heterocycles. The van der Waals surface area contributed by atoms with Gasteiger partial charge in [-0.15, -0.1) is 23.7 Å². The van der Waals surface area contributed by atoms with Gasteiger partial charge in [0.25, 0.3) is 5.91 Å². The van der Waals surface area contributed by atoms with E-state index in [1.807, 2.05) is 11.4 Å². The van der Waals surface area contributed by atoms with Gasteiger partial charge in [-0.25, -0.2) is 4.98 Å². The van der Waals surface area contributed by atoms with Gasteiger partial charge >= 0.3 is 0 Å². The summed E-state index contributed by atoms with van der Waals surface area (Å²) in [5.41, 5.74) is 0.716. The summed E-state index contributed by atoms with van der Waals surface area (Å²) in [6, 6.07) is 3.63. The van der Waals surface area contributed by atoms with Crippen molar-refractivity contribution in [3.63, 3.8) is 0 Å². The van der Waals surface area contributed by atoms with Crippen LogP contribution in [0.4, 0.5) is 5.13 Å². The highest BCUT2D eigenvalue weighted by molar-refractivity contribution is 7.14. The fourth-order valence-corrected chi connectivity index (χ4v) is 2.49. The maximum Gasteiger partial charge on any atom is 0.256 e. The molecule has 3 rings (SSSR count). The van der Waals surface area contributed by atoms with Crippen LogP contribution >= 0.6 is 23.7 Å². The number of rotatable bonds is 3. The standard InChI is InChI=1S/C12H13N3O3S.ClH/c16-11(10-6-13-3-5-18-10)15-12-14-8(7-19-12)9-2-1-4-17-9;/h1-2,4,7,10,13H,3,5-6H2,(H,14,15,16);1H/t10-;/m1./s1. The number of aromatic nitrogens is 1. The summed E-state index contributed by atoms with van der Waals surface area (Å²) in [6.07, 6.45) is 1.14. The lowest BCUT2D eigenvalue weighted by Gasteiger charge is -2.22. The van der Waals surface area contributed by atoms with Gasteiger partial charge in [-0.3, -0.25) is 10.1 Å². The van der Waals surface area contributed by atoms with Gasteiger partial charge in [0.1, 0.15) is 11.8 Å². The van der Waals surface area contributed by atoms with Crippen LogP contribution in [0.5, 0.6) is 0 Å². The first-order valence-corrected chi connectivity index (χ1v) is 6.83. The van der Waals surface area contributed by atoms with Gasteiger partial charge in [-0.05, 0) is 12.1 Å². The second-order valence-electron chi connectivity index (χ2n) is 4.07. The number of carbonyl (C=O) groups is 1. The van der Waals surface area contributed by atoms with Crippen molar-refractivity contribution in [2.45, 2.75) is 6.10 Å². The predicted octanol–water partition coefficient (Wildman–Crippen LogP) is 1.75. The number of nitrogens with zero attached hydrogens (tertiary/aromatic N) is 1. The van der Waals surface area contributed by atoms with E-state index < -0.39 is 6.10 Å². The van der Waals surface area contributed by atoms with Gasteiger partial charge in [0.15, 0.2) is 10.9 Å². The van der Waals surface area contributed by atoms with E-state index in [4.69, 9.17) is 9.15 Å². The molecule has 1 atom stereocenters.